The van der Waals surface area contributed by atoms with Gasteiger partial charge in [-0.3, -0.25) is 4.90 Å². The molecule has 0 bridgehead atoms. The van der Waals surface area contributed by atoms with Crippen molar-refractivity contribution in [2.24, 2.45) is 5.92 Å². The molecule has 0 unspecified atom stereocenters. The van der Waals surface area contributed by atoms with Crippen LogP contribution in [0.3, 0.4) is 0 Å². The van der Waals surface area contributed by atoms with Crippen LogP contribution in [0.2, 0.25) is 0 Å². The van der Waals surface area contributed by atoms with Crippen molar-refractivity contribution in [1.29, 1.82) is 0 Å². The summed E-state index contributed by atoms with van der Waals surface area (Å²) >= 11 is 0. The molecule has 1 rings (SSSR count). The highest BCUT2D eigenvalue weighted by Gasteiger charge is 2.10. The number of rotatable bonds is 8. The van der Waals surface area contributed by atoms with Gasteiger partial charge in [0.1, 0.15) is 0 Å². The van der Waals surface area contributed by atoms with E-state index in [-0.39, 0.29) is 0 Å². The third-order valence-corrected chi connectivity index (χ3v) is 3.07. The molecule has 3 heteroatoms. The third-order valence-electron chi connectivity index (χ3n) is 3.07. The molecule has 108 valence electrons. The molecule has 0 aliphatic rings. The summed E-state index contributed by atoms with van der Waals surface area (Å²) in [6.07, 6.45) is 0. The molecule has 0 saturated carbocycles. The largest absolute Gasteiger partial charge is 0.399 e. The molecule has 0 spiro atoms. The van der Waals surface area contributed by atoms with Gasteiger partial charge in [-0.15, -0.1) is 0 Å². The fourth-order valence-corrected chi connectivity index (χ4v) is 1.88. The first-order valence-electron chi connectivity index (χ1n) is 7.15. The highest BCUT2D eigenvalue weighted by atomic mass is 16.5. The quantitative estimate of drug-likeness (QED) is 0.579. The molecule has 0 atom stereocenters. The van der Waals surface area contributed by atoms with Crippen LogP contribution in [0.25, 0.3) is 0 Å². The molecule has 0 aromatic heterocycles. The van der Waals surface area contributed by atoms with Gasteiger partial charge in [-0.25, -0.2) is 0 Å². The molecule has 0 fully saturated rings. The van der Waals surface area contributed by atoms with E-state index in [1.54, 1.807) is 0 Å². The Hall–Kier alpha value is -1.06. The van der Waals surface area contributed by atoms with Crippen molar-refractivity contribution in [2.75, 3.05) is 25.5 Å². The predicted molar refractivity (Wildman–Crippen MR) is 82.1 cm³/mol. The van der Waals surface area contributed by atoms with Crippen LogP contribution in [-0.2, 0) is 11.3 Å². The molecule has 1 aromatic carbocycles. The van der Waals surface area contributed by atoms with Gasteiger partial charge in [0.25, 0.3) is 0 Å². The lowest BCUT2D eigenvalue weighted by Crippen LogP contribution is -2.33. The summed E-state index contributed by atoms with van der Waals surface area (Å²) in [4.78, 5) is 2.42. The summed E-state index contributed by atoms with van der Waals surface area (Å²) in [6, 6.07) is 8.63. The predicted octanol–water partition coefficient (Wildman–Crippen LogP) is 3.15. The van der Waals surface area contributed by atoms with E-state index in [2.05, 4.69) is 44.7 Å². The Balaban J connectivity index is 2.42. The summed E-state index contributed by atoms with van der Waals surface area (Å²) in [5.74, 6) is 0.601. The van der Waals surface area contributed by atoms with Crippen molar-refractivity contribution in [1.82, 2.24) is 4.90 Å². The smallest absolute Gasteiger partial charge is 0.0593 e. The second kappa shape index (κ2) is 8.18. The maximum atomic E-state index is 5.71. The number of nitrogens with two attached hydrogens (primary N) is 1. The molecule has 0 amide bonds. The monoisotopic (exact) mass is 264 g/mol. The topological polar surface area (TPSA) is 38.5 Å². The molecule has 2 N–H and O–H groups in total. The van der Waals surface area contributed by atoms with Gasteiger partial charge < -0.3 is 10.5 Å². The molecule has 0 heterocycles. The molecule has 0 aliphatic carbocycles. The van der Waals surface area contributed by atoms with E-state index in [0.717, 1.165) is 32.0 Å². The van der Waals surface area contributed by atoms with E-state index in [1.165, 1.54) is 5.56 Å². The first-order chi connectivity index (χ1) is 8.99. The van der Waals surface area contributed by atoms with Crippen LogP contribution in [0.4, 0.5) is 5.69 Å². The van der Waals surface area contributed by atoms with E-state index in [0.29, 0.717) is 12.0 Å². The minimum absolute atomic E-state index is 0.514. The van der Waals surface area contributed by atoms with Crippen molar-refractivity contribution in [3.05, 3.63) is 29.8 Å². The number of anilines is 1. The Kier molecular flexibility index (Phi) is 6.89. The highest BCUT2D eigenvalue weighted by Crippen LogP contribution is 2.10. The molecule has 0 radical (unpaired) electrons. The second-order valence-corrected chi connectivity index (χ2v) is 5.77. The molecule has 0 saturated heterocycles. The van der Waals surface area contributed by atoms with Crippen molar-refractivity contribution < 1.29 is 4.74 Å². The number of benzene rings is 1. The number of nitrogens with zero attached hydrogens (tertiary/aromatic N) is 1. The van der Waals surface area contributed by atoms with E-state index < -0.39 is 0 Å². The first kappa shape index (κ1) is 16.0. The van der Waals surface area contributed by atoms with Crippen molar-refractivity contribution >= 4 is 5.69 Å². The zero-order chi connectivity index (χ0) is 14.3. The van der Waals surface area contributed by atoms with Gasteiger partial charge in [-0.2, -0.15) is 0 Å². The van der Waals surface area contributed by atoms with Crippen LogP contribution in [0.1, 0.15) is 33.3 Å². The number of nitrogen functional groups attached to an aromatic ring is 1. The number of hydrogen-bond acceptors (Lipinski definition) is 3. The maximum Gasteiger partial charge on any atom is 0.0593 e. The van der Waals surface area contributed by atoms with Gasteiger partial charge >= 0.3 is 0 Å². The van der Waals surface area contributed by atoms with E-state index in [4.69, 9.17) is 10.5 Å². The van der Waals surface area contributed by atoms with Crippen molar-refractivity contribution in [2.45, 2.75) is 40.3 Å². The fraction of sp³-hybridized carbons (Fsp3) is 0.625. The Morgan fingerprint density at radius 3 is 2.26 bits per heavy atom. The van der Waals surface area contributed by atoms with Gasteiger partial charge in [0.15, 0.2) is 0 Å². The molecule has 1 aromatic rings. The average Bonchev–Trinajstić information content (AvgIpc) is 2.35. The van der Waals surface area contributed by atoms with Crippen molar-refractivity contribution in [3.63, 3.8) is 0 Å². The van der Waals surface area contributed by atoms with Gasteiger partial charge in [0.05, 0.1) is 6.61 Å². The van der Waals surface area contributed by atoms with E-state index >= 15 is 0 Å². The van der Waals surface area contributed by atoms with Gasteiger partial charge in [0.2, 0.25) is 0 Å². The zero-order valence-electron chi connectivity index (χ0n) is 12.7. The minimum Gasteiger partial charge on any atom is -0.399 e. The lowest BCUT2D eigenvalue weighted by atomic mass is 10.1. The Morgan fingerprint density at radius 1 is 1.11 bits per heavy atom. The van der Waals surface area contributed by atoms with Crippen molar-refractivity contribution in [3.8, 4) is 0 Å². The van der Waals surface area contributed by atoms with Crippen LogP contribution in [0.15, 0.2) is 24.3 Å². The molecule has 0 aliphatic heterocycles. The second-order valence-electron chi connectivity index (χ2n) is 5.77. The molecular weight excluding hydrogens is 236 g/mol. The first-order valence-corrected chi connectivity index (χ1v) is 7.15. The normalized spacial score (nSPS) is 11.7. The van der Waals surface area contributed by atoms with Crippen LogP contribution >= 0.6 is 0 Å². The zero-order valence-corrected chi connectivity index (χ0v) is 12.7. The van der Waals surface area contributed by atoms with Gasteiger partial charge in [0, 0.05) is 31.4 Å². The lowest BCUT2D eigenvalue weighted by Gasteiger charge is -2.26. The third kappa shape index (κ3) is 6.60. The highest BCUT2D eigenvalue weighted by molar-refractivity contribution is 5.39. The van der Waals surface area contributed by atoms with Gasteiger partial charge in [-0.1, -0.05) is 26.0 Å². The van der Waals surface area contributed by atoms with Crippen LogP contribution in [0, 0.1) is 5.92 Å². The van der Waals surface area contributed by atoms with Crippen LogP contribution in [-0.4, -0.2) is 30.7 Å². The minimum atomic E-state index is 0.514. The Bertz CT molecular complexity index is 346. The summed E-state index contributed by atoms with van der Waals surface area (Å²) in [7, 11) is 0. The maximum absolute atomic E-state index is 5.71. The average molecular weight is 264 g/mol. The molecule has 19 heavy (non-hydrogen) atoms. The summed E-state index contributed by atoms with van der Waals surface area (Å²) in [5.41, 5.74) is 7.83. The Morgan fingerprint density at radius 2 is 1.74 bits per heavy atom. The van der Waals surface area contributed by atoms with Crippen LogP contribution < -0.4 is 5.73 Å². The summed E-state index contributed by atoms with van der Waals surface area (Å²) in [6.45, 7) is 12.3. The Labute approximate surface area is 117 Å². The summed E-state index contributed by atoms with van der Waals surface area (Å²) in [5, 5.41) is 0. The summed E-state index contributed by atoms with van der Waals surface area (Å²) < 4.78 is 5.67. The SMILES string of the molecule is CC(C)COCCN(Cc1ccc(N)cc1)C(C)C. The number of ether oxygens (including phenoxy) is 1. The standard InChI is InChI=1S/C16H28N2O/c1-13(2)12-19-10-9-18(14(3)4)11-15-5-7-16(17)8-6-15/h5-8,13-14H,9-12,17H2,1-4H3. The van der Waals surface area contributed by atoms with E-state index in [1.807, 2.05) is 12.1 Å². The van der Waals surface area contributed by atoms with Gasteiger partial charge in [-0.05, 0) is 37.5 Å². The lowest BCUT2D eigenvalue weighted by molar-refractivity contribution is 0.0741. The van der Waals surface area contributed by atoms with E-state index in [9.17, 15) is 0 Å². The molecular formula is C16H28N2O. The molecule has 3 nitrogen and oxygen atoms in total. The number of hydrogen-bond donors (Lipinski definition) is 1. The fourth-order valence-electron chi connectivity index (χ4n) is 1.88. The van der Waals surface area contributed by atoms with Crippen LogP contribution in [0.5, 0.6) is 0 Å².